The minimum absolute atomic E-state index is 0.00107. The van der Waals surface area contributed by atoms with Crippen molar-refractivity contribution in [3.8, 4) is 0 Å². The number of carbonyl (C=O) groups excluding carboxylic acids is 2. The summed E-state index contributed by atoms with van der Waals surface area (Å²) in [4.78, 5) is 33.2. The fraction of sp³-hybridized carbons (Fsp3) is 0.474. The number of aromatic nitrogens is 2. The van der Waals surface area contributed by atoms with Gasteiger partial charge in [0, 0.05) is 43.6 Å². The Kier molecular flexibility index (Phi) is 4.69. The number of benzene rings is 1. The maximum Gasteiger partial charge on any atom is 0.253 e. The molecule has 0 spiro atoms. The van der Waals surface area contributed by atoms with Gasteiger partial charge >= 0.3 is 0 Å². The van der Waals surface area contributed by atoms with Crippen LogP contribution in [0.3, 0.4) is 0 Å². The summed E-state index contributed by atoms with van der Waals surface area (Å²) in [5.74, 6) is 1.09. The molecule has 1 atom stereocenters. The van der Waals surface area contributed by atoms with Crippen LogP contribution in [0.4, 0.5) is 0 Å². The van der Waals surface area contributed by atoms with E-state index in [2.05, 4.69) is 10.1 Å². The predicted molar refractivity (Wildman–Crippen MR) is 93.3 cm³/mol. The lowest BCUT2D eigenvalue weighted by Crippen LogP contribution is -2.43. The Morgan fingerprint density at radius 2 is 1.73 bits per heavy atom. The third kappa shape index (κ3) is 3.34. The first kappa shape index (κ1) is 16.8. The molecule has 7 nitrogen and oxygen atoms in total. The minimum Gasteiger partial charge on any atom is -0.343 e. The molecule has 3 heterocycles. The molecule has 0 saturated carbocycles. The van der Waals surface area contributed by atoms with E-state index in [0.29, 0.717) is 31.0 Å². The van der Waals surface area contributed by atoms with Gasteiger partial charge in [-0.15, -0.1) is 0 Å². The summed E-state index contributed by atoms with van der Waals surface area (Å²) in [6.07, 6.45) is 3.65. The summed E-state index contributed by atoms with van der Waals surface area (Å²) in [5.41, 5.74) is 0.708. The maximum atomic E-state index is 12.8. The van der Waals surface area contributed by atoms with Crippen LogP contribution >= 0.6 is 0 Å². The summed E-state index contributed by atoms with van der Waals surface area (Å²) in [7, 11) is 0. The monoisotopic (exact) mass is 354 g/mol. The topological polar surface area (TPSA) is 79.5 Å². The number of likely N-dealkylation sites (tertiary alicyclic amines) is 2. The number of amides is 2. The first-order valence-electron chi connectivity index (χ1n) is 9.12. The Morgan fingerprint density at radius 1 is 1.00 bits per heavy atom. The standard InChI is InChI=1S/C19H22N4O3/c24-18(14-4-2-1-3-5-14)22-9-6-15(7-10-22)19(25)23-11-8-16(12-23)17-20-13-26-21-17/h1-5,13,15-16H,6-12H2/t16-/m0/s1. The highest BCUT2D eigenvalue weighted by Gasteiger charge is 2.35. The normalized spacial score (nSPS) is 21.2. The number of nitrogens with zero attached hydrogens (tertiary/aromatic N) is 4. The number of piperidine rings is 1. The molecule has 2 aliphatic rings. The zero-order valence-corrected chi connectivity index (χ0v) is 14.6. The zero-order valence-electron chi connectivity index (χ0n) is 14.6. The highest BCUT2D eigenvalue weighted by atomic mass is 16.5. The van der Waals surface area contributed by atoms with E-state index in [1.54, 1.807) is 0 Å². The van der Waals surface area contributed by atoms with Crippen molar-refractivity contribution in [2.75, 3.05) is 26.2 Å². The van der Waals surface area contributed by atoms with Gasteiger partial charge in [-0.25, -0.2) is 0 Å². The molecule has 0 aliphatic carbocycles. The van der Waals surface area contributed by atoms with Gasteiger partial charge < -0.3 is 14.3 Å². The molecule has 26 heavy (non-hydrogen) atoms. The Morgan fingerprint density at radius 3 is 2.42 bits per heavy atom. The second-order valence-electron chi connectivity index (χ2n) is 6.99. The van der Waals surface area contributed by atoms with Crippen LogP contribution in [0.25, 0.3) is 0 Å². The number of hydrogen-bond acceptors (Lipinski definition) is 5. The summed E-state index contributed by atoms with van der Waals surface area (Å²) in [5, 5.41) is 3.89. The zero-order chi connectivity index (χ0) is 17.9. The van der Waals surface area contributed by atoms with Crippen molar-refractivity contribution in [2.45, 2.75) is 25.2 Å². The van der Waals surface area contributed by atoms with Gasteiger partial charge in [-0.05, 0) is 31.4 Å². The number of hydrogen-bond donors (Lipinski definition) is 0. The van der Waals surface area contributed by atoms with E-state index >= 15 is 0 Å². The van der Waals surface area contributed by atoms with Gasteiger partial charge in [0.25, 0.3) is 5.91 Å². The van der Waals surface area contributed by atoms with Crippen molar-refractivity contribution >= 4 is 11.8 Å². The summed E-state index contributed by atoms with van der Waals surface area (Å²) >= 11 is 0. The van der Waals surface area contributed by atoms with E-state index in [-0.39, 0.29) is 23.7 Å². The molecule has 0 radical (unpaired) electrons. The molecule has 1 aromatic carbocycles. The van der Waals surface area contributed by atoms with Gasteiger partial charge in [0.15, 0.2) is 5.82 Å². The molecular formula is C19H22N4O3. The van der Waals surface area contributed by atoms with Crippen molar-refractivity contribution in [2.24, 2.45) is 5.92 Å². The molecule has 0 bridgehead atoms. The highest BCUT2D eigenvalue weighted by molar-refractivity contribution is 5.94. The molecule has 7 heteroatoms. The average Bonchev–Trinajstić information content (AvgIpc) is 3.39. The molecule has 136 valence electrons. The largest absolute Gasteiger partial charge is 0.343 e. The van der Waals surface area contributed by atoms with Gasteiger partial charge in [0.2, 0.25) is 12.3 Å². The fourth-order valence-electron chi connectivity index (χ4n) is 3.88. The number of carbonyl (C=O) groups is 2. The molecule has 1 aromatic heterocycles. The fourth-order valence-corrected chi connectivity index (χ4v) is 3.88. The van der Waals surface area contributed by atoms with Crippen molar-refractivity contribution < 1.29 is 14.1 Å². The first-order valence-corrected chi connectivity index (χ1v) is 9.12. The van der Waals surface area contributed by atoms with Crippen molar-refractivity contribution in [3.05, 3.63) is 48.1 Å². The van der Waals surface area contributed by atoms with E-state index in [1.165, 1.54) is 6.39 Å². The summed E-state index contributed by atoms with van der Waals surface area (Å²) in [6.45, 7) is 2.65. The quantitative estimate of drug-likeness (QED) is 0.841. The summed E-state index contributed by atoms with van der Waals surface area (Å²) < 4.78 is 4.81. The first-order chi connectivity index (χ1) is 12.7. The molecule has 4 rings (SSSR count). The van der Waals surface area contributed by atoms with Crippen LogP contribution in [-0.2, 0) is 4.79 Å². The van der Waals surface area contributed by atoms with E-state index < -0.39 is 0 Å². The smallest absolute Gasteiger partial charge is 0.253 e. The van der Waals surface area contributed by atoms with E-state index in [0.717, 1.165) is 25.8 Å². The van der Waals surface area contributed by atoms with E-state index in [1.807, 2.05) is 40.1 Å². The molecular weight excluding hydrogens is 332 g/mol. The van der Waals surface area contributed by atoms with Crippen LogP contribution in [0.5, 0.6) is 0 Å². The molecule has 0 N–H and O–H groups in total. The Bertz CT molecular complexity index is 754. The van der Waals surface area contributed by atoms with Crippen LogP contribution in [0.2, 0.25) is 0 Å². The van der Waals surface area contributed by atoms with Gasteiger partial charge in [-0.2, -0.15) is 4.98 Å². The lowest BCUT2D eigenvalue weighted by molar-refractivity contribution is -0.135. The van der Waals surface area contributed by atoms with Crippen molar-refractivity contribution in [1.82, 2.24) is 19.9 Å². The van der Waals surface area contributed by atoms with Gasteiger partial charge in [0.1, 0.15) is 0 Å². The van der Waals surface area contributed by atoms with Crippen LogP contribution in [0, 0.1) is 5.92 Å². The van der Waals surface area contributed by atoms with Crippen LogP contribution in [-0.4, -0.2) is 57.9 Å². The van der Waals surface area contributed by atoms with Crippen molar-refractivity contribution in [3.63, 3.8) is 0 Å². The van der Waals surface area contributed by atoms with Gasteiger partial charge in [0.05, 0.1) is 0 Å². The van der Waals surface area contributed by atoms with Gasteiger partial charge in [-0.1, -0.05) is 23.4 Å². The Hall–Kier alpha value is -2.70. The highest BCUT2D eigenvalue weighted by Crippen LogP contribution is 2.28. The number of rotatable bonds is 3. The lowest BCUT2D eigenvalue weighted by Gasteiger charge is -2.33. The minimum atomic E-state index is -0.00107. The Balaban J connectivity index is 1.31. The van der Waals surface area contributed by atoms with Crippen LogP contribution in [0.1, 0.15) is 41.4 Å². The lowest BCUT2D eigenvalue weighted by atomic mass is 9.95. The molecule has 2 aromatic rings. The molecule has 2 saturated heterocycles. The molecule has 2 fully saturated rings. The SMILES string of the molecule is O=C(c1ccccc1)N1CCC(C(=O)N2CC[C@H](c3ncon3)C2)CC1. The molecule has 0 unspecified atom stereocenters. The second-order valence-corrected chi connectivity index (χ2v) is 6.99. The summed E-state index contributed by atoms with van der Waals surface area (Å²) in [6, 6.07) is 9.32. The van der Waals surface area contributed by atoms with Crippen LogP contribution in [0.15, 0.2) is 41.2 Å². The average molecular weight is 354 g/mol. The molecule has 2 amide bonds. The van der Waals surface area contributed by atoms with Crippen molar-refractivity contribution in [1.29, 1.82) is 0 Å². The Labute approximate surface area is 152 Å². The van der Waals surface area contributed by atoms with E-state index in [4.69, 9.17) is 4.52 Å². The van der Waals surface area contributed by atoms with Crippen LogP contribution < -0.4 is 0 Å². The second kappa shape index (κ2) is 7.27. The van der Waals surface area contributed by atoms with E-state index in [9.17, 15) is 9.59 Å². The maximum absolute atomic E-state index is 12.8. The predicted octanol–water partition coefficient (Wildman–Crippen LogP) is 1.94. The third-order valence-electron chi connectivity index (χ3n) is 5.40. The van der Waals surface area contributed by atoms with Gasteiger partial charge in [-0.3, -0.25) is 9.59 Å². The third-order valence-corrected chi connectivity index (χ3v) is 5.40. The molecule has 2 aliphatic heterocycles.